The Hall–Kier alpha value is -0.450. The van der Waals surface area contributed by atoms with Crippen molar-refractivity contribution < 1.29 is 4.74 Å². The van der Waals surface area contributed by atoms with Gasteiger partial charge in [0.25, 0.3) is 0 Å². The molecule has 1 atom stereocenters. The monoisotopic (exact) mass is 296 g/mol. The van der Waals surface area contributed by atoms with E-state index in [1.807, 2.05) is 11.3 Å². The van der Waals surface area contributed by atoms with Crippen LogP contribution in [0.15, 0.2) is 0 Å². The van der Waals surface area contributed by atoms with E-state index in [0.29, 0.717) is 6.04 Å². The van der Waals surface area contributed by atoms with Gasteiger partial charge in [-0.3, -0.25) is 0 Å². The highest BCUT2D eigenvalue weighted by Crippen LogP contribution is 2.41. The Balaban J connectivity index is 2.34. The van der Waals surface area contributed by atoms with E-state index in [4.69, 9.17) is 9.72 Å². The smallest absolute Gasteiger partial charge is 0.125 e. The maximum atomic E-state index is 6.11. The molecule has 1 aliphatic rings. The highest BCUT2D eigenvalue weighted by molar-refractivity contribution is 7.12. The van der Waals surface area contributed by atoms with Gasteiger partial charge in [-0.1, -0.05) is 20.8 Å². The van der Waals surface area contributed by atoms with Crippen LogP contribution in [0.3, 0.4) is 0 Å². The van der Waals surface area contributed by atoms with Gasteiger partial charge in [-0.05, 0) is 45.6 Å². The van der Waals surface area contributed by atoms with Crippen LogP contribution >= 0.6 is 11.3 Å². The molecule has 0 aromatic carbocycles. The molecule has 114 valence electrons. The summed E-state index contributed by atoms with van der Waals surface area (Å²) in [6.07, 6.45) is 5.60. The van der Waals surface area contributed by atoms with Gasteiger partial charge in [-0.25, -0.2) is 4.98 Å². The number of nitrogens with one attached hydrogen (secondary N) is 1. The SMILES string of the molecule is CCNC1CCCc2nc(C(CC)(CC)OCC)sc21. The molecule has 0 bridgehead atoms. The zero-order chi connectivity index (χ0) is 14.6. The number of aromatic nitrogens is 1. The lowest BCUT2D eigenvalue weighted by molar-refractivity contribution is -0.0507. The molecule has 0 radical (unpaired) electrons. The Labute approximate surface area is 127 Å². The van der Waals surface area contributed by atoms with E-state index in [1.54, 1.807) is 0 Å². The molecule has 4 heteroatoms. The first-order valence-corrected chi connectivity index (χ1v) is 8.89. The lowest BCUT2D eigenvalue weighted by Gasteiger charge is -2.29. The molecule has 20 heavy (non-hydrogen) atoms. The second kappa shape index (κ2) is 7.01. The van der Waals surface area contributed by atoms with Gasteiger partial charge in [0.15, 0.2) is 0 Å². The van der Waals surface area contributed by atoms with Crippen molar-refractivity contribution in [3.8, 4) is 0 Å². The summed E-state index contributed by atoms with van der Waals surface area (Å²) in [5.74, 6) is 0. The largest absolute Gasteiger partial charge is 0.368 e. The third-order valence-corrected chi connectivity index (χ3v) is 5.75. The molecule has 1 unspecified atom stereocenters. The normalized spacial score (nSPS) is 19.1. The van der Waals surface area contributed by atoms with Crippen LogP contribution in [0.5, 0.6) is 0 Å². The van der Waals surface area contributed by atoms with Crippen molar-refractivity contribution in [2.75, 3.05) is 13.2 Å². The van der Waals surface area contributed by atoms with Crippen LogP contribution in [-0.2, 0) is 16.8 Å². The Kier molecular flexibility index (Phi) is 5.58. The van der Waals surface area contributed by atoms with Gasteiger partial charge in [-0.15, -0.1) is 11.3 Å². The number of thiazole rings is 1. The fourth-order valence-corrected chi connectivity index (χ4v) is 4.66. The van der Waals surface area contributed by atoms with Crippen LogP contribution < -0.4 is 5.32 Å². The average Bonchev–Trinajstić information content (AvgIpc) is 2.91. The molecule has 1 aliphatic carbocycles. The molecule has 0 saturated heterocycles. The summed E-state index contributed by atoms with van der Waals surface area (Å²) in [6.45, 7) is 10.5. The van der Waals surface area contributed by atoms with Crippen molar-refractivity contribution in [2.45, 2.75) is 71.4 Å². The number of rotatable bonds is 7. The van der Waals surface area contributed by atoms with Crippen molar-refractivity contribution in [1.82, 2.24) is 10.3 Å². The minimum Gasteiger partial charge on any atom is -0.368 e. The van der Waals surface area contributed by atoms with E-state index >= 15 is 0 Å². The summed E-state index contributed by atoms with van der Waals surface area (Å²) >= 11 is 1.88. The van der Waals surface area contributed by atoms with Crippen LogP contribution in [0.2, 0.25) is 0 Å². The van der Waals surface area contributed by atoms with E-state index in [2.05, 4.69) is 33.0 Å². The third kappa shape index (κ3) is 2.92. The van der Waals surface area contributed by atoms with Crippen LogP contribution in [-0.4, -0.2) is 18.1 Å². The van der Waals surface area contributed by atoms with E-state index in [0.717, 1.165) is 32.4 Å². The van der Waals surface area contributed by atoms with Crippen molar-refractivity contribution >= 4 is 11.3 Å². The first-order chi connectivity index (χ1) is 9.70. The Morgan fingerprint density at radius 2 is 2.05 bits per heavy atom. The van der Waals surface area contributed by atoms with E-state index in [-0.39, 0.29) is 5.60 Å². The van der Waals surface area contributed by atoms with Gasteiger partial charge in [0.05, 0.1) is 5.69 Å². The lowest BCUT2D eigenvalue weighted by atomic mass is 9.96. The van der Waals surface area contributed by atoms with Gasteiger partial charge >= 0.3 is 0 Å². The van der Waals surface area contributed by atoms with Crippen LogP contribution in [0, 0.1) is 0 Å². The van der Waals surface area contributed by atoms with Crippen LogP contribution in [0.1, 0.15) is 75.0 Å². The molecule has 0 aliphatic heterocycles. The maximum absolute atomic E-state index is 6.11. The molecule has 0 amide bonds. The average molecular weight is 296 g/mol. The Morgan fingerprint density at radius 1 is 1.30 bits per heavy atom. The summed E-state index contributed by atoms with van der Waals surface area (Å²) in [4.78, 5) is 6.43. The highest BCUT2D eigenvalue weighted by atomic mass is 32.1. The summed E-state index contributed by atoms with van der Waals surface area (Å²) < 4.78 is 6.11. The first kappa shape index (κ1) is 15.9. The second-order valence-electron chi connectivity index (χ2n) is 5.47. The summed E-state index contributed by atoms with van der Waals surface area (Å²) in [7, 11) is 0. The third-order valence-electron chi connectivity index (χ3n) is 4.35. The minimum absolute atomic E-state index is 0.173. The fraction of sp³-hybridized carbons (Fsp3) is 0.812. The van der Waals surface area contributed by atoms with E-state index in [9.17, 15) is 0 Å². The van der Waals surface area contributed by atoms with Gasteiger partial charge in [0.1, 0.15) is 10.6 Å². The van der Waals surface area contributed by atoms with Gasteiger partial charge in [0, 0.05) is 17.5 Å². The van der Waals surface area contributed by atoms with Gasteiger partial charge in [-0.2, -0.15) is 0 Å². The summed E-state index contributed by atoms with van der Waals surface area (Å²) in [5, 5.41) is 4.80. The number of ether oxygens (including phenoxy) is 1. The fourth-order valence-electron chi connectivity index (χ4n) is 3.15. The van der Waals surface area contributed by atoms with Gasteiger partial charge < -0.3 is 10.1 Å². The second-order valence-corrected chi connectivity index (χ2v) is 6.50. The zero-order valence-electron chi connectivity index (χ0n) is 13.3. The molecular weight excluding hydrogens is 268 g/mol. The molecule has 2 rings (SSSR count). The molecule has 1 heterocycles. The Bertz CT molecular complexity index is 426. The molecule has 0 spiro atoms. The number of hydrogen-bond donors (Lipinski definition) is 1. The molecule has 1 aromatic rings. The van der Waals surface area contributed by atoms with E-state index in [1.165, 1.54) is 28.4 Å². The number of fused-ring (bicyclic) bond motifs is 1. The molecule has 3 nitrogen and oxygen atoms in total. The van der Waals surface area contributed by atoms with Crippen molar-refractivity contribution in [3.63, 3.8) is 0 Å². The standard InChI is InChI=1S/C16H28N2OS/c1-5-16(6-2,19-8-4)15-18-13-11-9-10-12(17-7-3)14(13)20-15/h12,17H,5-11H2,1-4H3. The van der Waals surface area contributed by atoms with Crippen molar-refractivity contribution in [3.05, 3.63) is 15.6 Å². The molecule has 1 aromatic heterocycles. The zero-order valence-corrected chi connectivity index (χ0v) is 14.1. The van der Waals surface area contributed by atoms with Crippen molar-refractivity contribution in [2.24, 2.45) is 0 Å². The Morgan fingerprint density at radius 3 is 2.65 bits per heavy atom. The number of hydrogen-bond acceptors (Lipinski definition) is 4. The maximum Gasteiger partial charge on any atom is 0.125 e. The summed E-state index contributed by atoms with van der Waals surface area (Å²) in [6, 6.07) is 0.503. The molecule has 1 N–H and O–H groups in total. The first-order valence-electron chi connectivity index (χ1n) is 8.08. The molecule has 0 fully saturated rings. The number of aryl methyl sites for hydroxylation is 1. The topological polar surface area (TPSA) is 34.2 Å². The molecular formula is C16H28N2OS. The summed E-state index contributed by atoms with van der Waals surface area (Å²) in [5.41, 5.74) is 1.14. The highest BCUT2D eigenvalue weighted by Gasteiger charge is 2.35. The van der Waals surface area contributed by atoms with Gasteiger partial charge in [0.2, 0.25) is 0 Å². The van der Waals surface area contributed by atoms with Crippen LogP contribution in [0.25, 0.3) is 0 Å². The minimum atomic E-state index is -0.173. The predicted octanol–water partition coefficient (Wildman–Crippen LogP) is 4.18. The van der Waals surface area contributed by atoms with E-state index < -0.39 is 0 Å². The number of nitrogens with zero attached hydrogens (tertiary/aromatic N) is 1. The lowest BCUT2D eigenvalue weighted by Crippen LogP contribution is -2.28. The quantitative estimate of drug-likeness (QED) is 0.819. The van der Waals surface area contributed by atoms with Crippen molar-refractivity contribution in [1.29, 1.82) is 0 Å². The van der Waals surface area contributed by atoms with Crippen LogP contribution in [0.4, 0.5) is 0 Å². The molecule has 0 saturated carbocycles. The predicted molar refractivity (Wildman–Crippen MR) is 85.4 cm³/mol.